The molecule has 1 N–H and O–H groups in total. The van der Waals surface area contributed by atoms with E-state index in [0.717, 1.165) is 27.5 Å². The third-order valence-corrected chi connectivity index (χ3v) is 8.65. The lowest BCUT2D eigenvalue weighted by molar-refractivity contribution is -0.122. The topological polar surface area (TPSA) is 99.4 Å². The standard InChI is InChI=1S/C28H24F3N3O5S/c1-33-14-19(17-8-2-4-10-20(17)33)24-25(27(36)32-26(24)35)23-18-9-3-5-11-21(18)34-13-16(7-6-12-22(23)34)15-39-40(37,38)28(29,30)31/h2-5,8-11,14,16H,6-7,12-13,15H2,1H3,(H,32,35,36). The van der Waals surface area contributed by atoms with E-state index in [1.54, 1.807) is 0 Å². The van der Waals surface area contributed by atoms with E-state index in [0.29, 0.717) is 30.4 Å². The van der Waals surface area contributed by atoms with Crippen LogP contribution in [0.1, 0.15) is 29.7 Å². The highest BCUT2D eigenvalue weighted by molar-refractivity contribution is 7.87. The summed E-state index contributed by atoms with van der Waals surface area (Å²) in [7, 11) is -3.85. The van der Waals surface area contributed by atoms with Gasteiger partial charge in [0.05, 0.1) is 17.8 Å². The second kappa shape index (κ2) is 9.34. The number of para-hydroxylation sites is 2. The molecule has 40 heavy (non-hydrogen) atoms. The predicted molar refractivity (Wildman–Crippen MR) is 142 cm³/mol. The number of halogens is 3. The molecule has 2 amide bonds. The Labute approximate surface area is 227 Å². The maximum Gasteiger partial charge on any atom is 0.523 e. The first-order valence-corrected chi connectivity index (χ1v) is 14.1. The minimum Gasteiger partial charge on any atom is -0.350 e. The van der Waals surface area contributed by atoms with Gasteiger partial charge in [-0.1, -0.05) is 36.4 Å². The average molecular weight is 572 g/mol. The van der Waals surface area contributed by atoms with Crippen LogP contribution in [-0.2, 0) is 43.9 Å². The molecule has 208 valence electrons. The fourth-order valence-electron chi connectivity index (χ4n) is 5.89. The largest absolute Gasteiger partial charge is 0.523 e. The van der Waals surface area contributed by atoms with Gasteiger partial charge in [0.1, 0.15) is 0 Å². The van der Waals surface area contributed by atoms with Crippen LogP contribution in [0.15, 0.2) is 54.7 Å². The molecule has 2 aliphatic heterocycles. The number of benzene rings is 2. The van der Waals surface area contributed by atoms with Crippen molar-refractivity contribution in [2.24, 2.45) is 13.0 Å². The lowest BCUT2D eigenvalue weighted by Crippen LogP contribution is -2.28. The number of nitrogens with zero attached hydrogens (tertiary/aromatic N) is 2. The molecule has 0 saturated carbocycles. The van der Waals surface area contributed by atoms with Crippen LogP contribution >= 0.6 is 0 Å². The van der Waals surface area contributed by atoms with Crippen LogP contribution in [0, 0.1) is 5.92 Å². The van der Waals surface area contributed by atoms with Crippen LogP contribution in [0.25, 0.3) is 33.0 Å². The van der Waals surface area contributed by atoms with Gasteiger partial charge in [-0.15, -0.1) is 0 Å². The number of amides is 2. The molecular formula is C28H24F3N3O5S. The second-order valence-electron chi connectivity index (χ2n) is 10.1. The molecule has 1 unspecified atom stereocenters. The number of aryl methyl sites for hydroxylation is 1. The van der Waals surface area contributed by atoms with Crippen molar-refractivity contribution in [1.82, 2.24) is 14.5 Å². The van der Waals surface area contributed by atoms with Crippen LogP contribution in [-0.4, -0.2) is 41.5 Å². The van der Waals surface area contributed by atoms with Crippen molar-refractivity contribution in [3.8, 4) is 0 Å². The van der Waals surface area contributed by atoms with Crippen LogP contribution in [0.5, 0.6) is 0 Å². The number of hydrogen-bond acceptors (Lipinski definition) is 5. The molecule has 0 aliphatic carbocycles. The SMILES string of the molecule is Cn1cc(C2=C(c3c4n(c5ccccc35)CC(COS(=O)(=O)C(F)(F)F)CCC4)C(=O)NC2=O)c2ccccc21. The Morgan fingerprint density at radius 1 is 0.975 bits per heavy atom. The summed E-state index contributed by atoms with van der Waals surface area (Å²) < 4.78 is 69.7. The summed E-state index contributed by atoms with van der Waals surface area (Å²) in [6, 6.07) is 14.9. The van der Waals surface area contributed by atoms with Gasteiger partial charge in [0.15, 0.2) is 0 Å². The van der Waals surface area contributed by atoms with Crippen LogP contribution in [0.4, 0.5) is 13.2 Å². The third kappa shape index (κ3) is 4.13. The van der Waals surface area contributed by atoms with Crippen molar-refractivity contribution >= 4 is 54.9 Å². The Balaban J connectivity index is 1.51. The number of carbonyl (C=O) groups is 2. The van der Waals surface area contributed by atoms with Crippen LogP contribution in [0.2, 0.25) is 0 Å². The van der Waals surface area contributed by atoms with Crippen molar-refractivity contribution in [2.75, 3.05) is 6.61 Å². The first kappa shape index (κ1) is 26.3. The number of nitrogens with one attached hydrogen (secondary N) is 1. The fraction of sp³-hybridized carbons (Fsp3) is 0.286. The molecule has 0 spiro atoms. The highest BCUT2D eigenvalue weighted by Gasteiger charge is 2.47. The molecule has 1 atom stereocenters. The number of fused-ring (bicyclic) bond motifs is 4. The van der Waals surface area contributed by atoms with E-state index in [2.05, 4.69) is 9.50 Å². The average Bonchev–Trinajstić information content (AvgIpc) is 3.42. The number of rotatable bonds is 5. The first-order valence-electron chi connectivity index (χ1n) is 12.7. The Morgan fingerprint density at radius 2 is 1.62 bits per heavy atom. The molecule has 0 saturated heterocycles. The summed E-state index contributed by atoms with van der Waals surface area (Å²) in [6.45, 7) is -0.429. The van der Waals surface area contributed by atoms with E-state index in [9.17, 15) is 31.2 Å². The quantitative estimate of drug-likeness (QED) is 0.216. The lowest BCUT2D eigenvalue weighted by Gasteiger charge is -2.17. The van der Waals surface area contributed by atoms with E-state index < -0.39 is 40.0 Å². The smallest absolute Gasteiger partial charge is 0.350 e. The van der Waals surface area contributed by atoms with Crippen LogP contribution < -0.4 is 5.32 Å². The highest BCUT2D eigenvalue weighted by atomic mass is 32.2. The van der Waals surface area contributed by atoms with Crippen molar-refractivity contribution in [3.05, 3.63) is 71.5 Å². The van der Waals surface area contributed by atoms with E-state index in [-0.39, 0.29) is 17.7 Å². The first-order chi connectivity index (χ1) is 19.0. The Hall–Kier alpha value is -3.90. The van der Waals surface area contributed by atoms with Crippen LogP contribution in [0.3, 0.4) is 0 Å². The molecule has 0 fully saturated rings. The summed E-state index contributed by atoms with van der Waals surface area (Å²) in [4.78, 5) is 26.7. The van der Waals surface area contributed by atoms with Gasteiger partial charge in [-0.05, 0) is 31.4 Å². The summed E-state index contributed by atoms with van der Waals surface area (Å²) in [5.41, 5.74) is -1.36. The van der Waals surface area contributed by atoms with E-state index in [1.807, 2.05) is 70.9 Å². The Morgan fingerprint density at radius 3 is 2.35 bits per heavy atom. The molecule has 4 heterocycles. The monoisotopic (exact) mass is 571 g/mol. The number of carbonyl (C=O) groups excluding carboxylic acids is 2. The molecule has 2 aromatic carbocycles. The number of alkyl halides is 3. The molecule has 2 aliphatic rings. The summed E-state index contributed by atoms with van der Waals surface area (Å²) in [5.74, 6) is -1.54. The minimum absolute atomic E-state index is 0.190. The van der Waals surface area contributed by atoms with Gasteiger partial charge in [0, 0.05) is 64.3 Å². The predicted octanol–water partition coefficient (Wildman–Crippen LogP) is 4.52. The van der Waals surface area contributed by atoms with Crippen molar-refractivity contribution < 1.29 is 35.4 Å². The highest BCUT2D eigenvalue weighted by Crippen LogP contribution is 2.42. The molecule has 0 radical (unpaired) electrons. The number of aromatic nitrogens is 2. The molecular weight excluding hydrogens is 547 g/mol. The Bertz CT molecular complexity index is 1850. The lowest BCUT2D eigenvalue weighted by atomic mass is 9.92. The van der Waals surface area contributed by atoms with Gasteiger partial charge in [-0.2, -0.15) is 21.6 Å². The molecule has 12 heteroatoms. The molecule has 8 nitrogen and oxygen atoms in total. The van der Waals surface area contributed by atoms with Gasteiger partial charge >= 0.3 is 15.6 Å². The van der Waals surface area contributed by atoms with E-state index in [4.69, 9.17) is 0 Å². The summed E-state index contributed by atoms with van der Waals surface area (Å²) in [5, 5.41) is 4.00. The second-order valence-corrected chi connectivity index (χ2v) is 11.7. The number of imide groups is 1. The van der Waals surface area contributed by atoms with Gasteiger partial charge in [-0.3, -0.25) is 19.1 Å². The molecule has 4 aromatic rings. The van der Waals surface area contributed by atoms with Gasteiger partial charge in [-0.25, -0.2) is 0 Å². The maximum atomic E-state index is 13.4. The van der Waals surface area contributed by atoms with Gasteiger partial charge in [0.25, 0.3) is 11.8 Å². The normalized spacial score (nSPS) is 18.4. The van der Waals surface area contributed by atoms with E-state index in [1.165, 1.54) is 0 Å². The van der Waals surface area contributed by atoms with Crippen molar-refractivity contribution in [3.63, 3.8) is 0 Å². The maximum absolute atomic E-state index is 13.4. The molecule has 6 rings (SSSR count). The van der Waals surface area contributed by atoms with Gasteiger partial charge in [0.2, 0.25) is 0 Å². The van der Waals surface area contributed by atoms with Crippen molar-refractivity contribution in [1.29, 1.82) is 0 Å². The Kier molecular flexibility index (Phi) is 6.15. The third-order valence-electron chi connectivity index (χ3n) is 7.64. The molecule has 2 aromatic heterocycles. The van der Waals surface area contributed by atoms with Crippen molar-refractivity contribution in [2.45, 2.75) is 31.3 Å². The van der Waals surface area contributed by atoms with E-state index >= 15 is 0 Å². The summed E-state index contributed by atoms with van der Waals surface area (Å²) in [6.07, 6.45) is 3.24. The minimum atomic E-state index is -5.71. The fourth-order valence-corrected chi connectivity index (χ4v) is 6.40. The summed E-state index contributed by atoms with van der Waals surface area (Å²) >= 11 is 0. The van der Waals surface area contributed by atoms with Gasteiger partial charge < -0.3 is 9.13 Å². The zero-order valence-corrected chi connectivity index (χ0v) is 22.1. The molecule has 0 bridgehead atoms. The number of hydrogen-bond donors (Lipinski definition) is 1. The zero-order chi connectivity index (χ0) is 28.4. The zero-order valence-electron chi connectivity index (χ0n) is 21.3.